The Morgan fingerprint density at radius 3 is 2.40 bits per heavy atom. The number of nitrogens with zero attached hydrogens (tertiary/aromatic N) is 2. The van der Waals surface area contributed by atoms with Crippen molar-refractivity contribution in [3.05, 3.63) is 34.3 Å². The molecule has 1 N–H and O–H groups in total. The summed E-state index contributed by atoms with van der Waals surface area (Å²) >= 11 is 0. The van der Waals surface area contributed by atoms with Gasteiger partial charge < -0.3 is 23.4 Å². The molecule has 0 fully saturated rings. The highest BCUT2D eigenvalue weighted by Crippen LogP contribution is 2.31. The minimum Gasteiger partial charge on any atom is -0.481 e. The predicted octanol–water partition coefficient (Wildman–Crippen LogP) is 3.22. The van der Waals surface area contributed by atoms with E-state index in [4.69, 9.17) is 23.4 Å². The molecule has 11 heteroatoms. The molecule has 0 saturated heterocycles. The third-order valence-electron chi connectivity index (χ3n) is 4.12. The topological polar surface area (TPSA) is 126 Å². The van der Waals surface area contributed by atoms with Crippen LogP contribution in [0.2, 0.25) is 25.7 Å². The first-order valence-corrected chi connectivity index (χ1v) is 12.9. The zero-order valence-electron chi connectivity index (χ0n) is 17.4. The van der Waals surface area contributed by atoms with Crippen molar-refractivity contribution in [2.45, 2.75) is 25.7 Å². The molecule has 3 rings (SSSR count). The van der Waals surface area contributed by atoms with Gasteiger partial charge in [0.15, 0.2) is 5.58 Å². The summed E-state index contributed by atoms with van der Waals surface area (Å²) in [6.45, 7) is 6.78. The Kier molecular flexibility index (Phi) is 6.11. The number of aromatic amines is 1. The van der Waals surface area contributed by atoms with E-state index in [1.165, 1.54) is 26.4 Å². The molecule has 0 spiro atoms. The van der Waals surface area contributed by atoms with Crippen molar-refractivity contribution in [3.63, 3.8) is 0 Å². The first-order valence-electron chi connectivity index (χ1n) is 9.18. The molecule has 0 radical (unpaired) electrons. The summed E-state index contributed by atoms with van der Waals surface area (Å²) in [5.74, 6) is -0.877. The maximum Gasteiger partial charge on any atom is 0.417 e. The summed E-state index contributed by atoms with van der Waals surface area (Å²) < 4.78 is 26.5. The number of ether oxygens (including phenoxy) is 4. The number of oxazole rings is 1. The number of carbonyl (C=O) groups is 1. The number of esters is 1. The zero-order valence-corrected chi connectivity index (χ0v) is 18.4. The summed E-state index contributed by atoms with van der Waals surface area (Å²) in [6.07, 6.45) is 0. The maximum absolute atomic E-state index is 12.9. The van der Waals surface area contributed by atoms with Gasteiger partial charge in [-0.15, -0.1) is 0 Å². The molecular formula is C19H23N3O7Si. The van der Waals surface area contributed by atoms with Crippen molar-refractivity contribution < 1.29 is 28.2 Å². The second-order valence-electron chi connectivity index (χ2n) is 7.61. The lowest BCUT2D eigenvalue weighted by Gasteiger charge is -2.16. The van der Waals surface area contributed by atoms with Gasteiger partial charge in [0.2, 0.25) is 11.8 Å². The Bertz CT molecular complexity index is 1100. The molecule has 3 aromatic rings. The molecule has 30 heavy (non-hydrogen) atoms. The molecule has 0 atom stereocenters. The number of H-pyrrole nitrogens is 1. The van der Waals surface area contributed by atoms with E-state index < -0.39 is 19.8 Å². The van der Waals surface area contributed by atoms with E-state index in [1.807, 2.05) is 0 Å². The third kappa shape index (κ3) is 4.98. The van der Waals surface area contributed by atoms with Gasteiger partial charge in [-0.25, -0.2) is 9.59 Å². The van der Waals surface area contributed by atoms with Gasteiger partial charge in [0, 0.05) is 8.07 Å². The van der Waals surface area contributed by atoms with Crippen molar-refractivity contribution >= 4 is 25.1 Å². The van der Waals surface area contributed by atoms with Crippen LogP contribution < -0.4 is 20.0 Å². The van der Waals surface area contributed by atoms with E-state index in [9.17, 15) is 9.59 Å². The molecule has 2 aromatic heterocycles. The van der Waals surface area contributed by atoms with E-state index in [0.29, 0.717) is 5.52 Å². The molecule has 1 aromatic carbocycles. The van der Waals surface area contributed by atoms with Gasteiger partial charge in [0.1, 0.15) is 11.3 Å². The second-order valence-corrected chi connectivity index (χ2v) is 13.2. The van der Waals surface area contributed by atoms with Crippen molar-refractivity contribution in [2.24, 2.45) is 0 Å². The Hall–Kier alpha value is -3.34. The van der Waals surface area contributed by atoms with Gasteiger partial charge in [-0.05, 0) is 18.2 Å². The van der Waals surface area contributed by atoms with Crippen LogP contribution >= 0.6 is 0 Å². The van der Waals surface area contributed by atoms with E-state index in [2.05, 4.69) is 34.6 Å². The number of fused-ring (bicyclic) bond motifs is 1. The van der Waals surface area contributed by atoms with Gasteiger partial charge in [-0.3, -0.25) is 4.98 Å². The summed E-state index contributed by atoms with van der Waals surface area (Å²) in [5.41, 5.74) is 0.339. The molecule has 0 unspecified atom stereocenters. The van der Waals surface area contributed by atoms with Crippen molar-refractivity contribution in [1.82, 2.24) is 15.0 Å². The Labute approximate surface area is 173 Å². The molecule has 0 aliphatic heterocycles. The highest BCUT2D eigenvalue weighted by atomic mass is 28.3. The first kappa shape index (κ1) is 21.4. The first-order chi connectivity index (χ1) is 14.2. The molecule has 160 valence electrons. The highest BCUT2D eigenvalue weighted by Gasteiger charge is 2.24. The minimum atomic E-state index is -1.41. The quantitative estimate of drug-likeness (QED) is 0.421. The van der Waals surface area contributed by atoms with E-state index in [1.54, 1.807) is 6.07 Å². The molecule has 2 heterocycles. The summed E-state index contributed by atoms with van der Waals surface area (Å²) in [6, 6.07) is 5.20. The van der Waals surface area contributed by atoms with Gasteiger partial charge in [-0.2, -0.15) is 9.97 Å². The fraction of sp³-hybridized carbons (Fsp3) is 0.368. The van der Waals surface area contributed by atoms with Crippen molar-refractivity contribution in [1.29, 1.82) is 0 Å². The SMILES string of the molecule is COc1cc(OC)nc(Oc2ccc3[nH]c(=O)oc3c2C(=O)OCC[Si](C)(C)C)n1. The lowest BCUT2D eigenvalue weighted by atomic mass is 10.1. The van der Waals surface area contributed by atoms with Gasteiger partial charge in [0.25, 0.3) is 0 Å². The van der Waals surface area contributed by atoms with Crippen LogP contribution in [-0.2, 0) is 4.74 Å². The van der Waals surface area contributed by atoms with Crippen molar-refractivity contribution in [3.8, 4) is 23.5 Å². The summed E-state index contributed by atoms with van der Waals surface area (Å²) in [4.78, 5) is 35.2. The largest absolute Gasteiger partial charge is 0.481 e. The summed E-state index contributed by atoms with van der Waals surface area (Å²) in [5, 5.41) is 0. The Balaban J connectivity index is 1.99. The molecule has 0 aliphatic carbocycles. The Morgan fingerprint density at radius 1 is 1.13 bits per heavy atom. The van der Waals surface area contributed by atoms with Crippen LogP contribution in [0.1, 0.15) is 10.4 Å². The molecule has 0 aliphatic rings. The number of hydrogen-bond acceptors (Lipinski definition) is 9. The number of rotatable bonds is 8. The van der Waals surface area contributed by atoms with Crippen LogP contribution in [-0.4, -0.2) is 49.8 Å². The fourth-order valence-corrected chi connectivity index (χ4v) is 3.25. The second kappa shape index (κ2) is 8.57. The van der Waals surface area contributed by atoms with Crippen LogP contribution in [0.5, 0.6) is 23.5 Å². The maximum atomic E-state index is 12.9. The number of benzene rings is 1. The number of nitrogens with one attached hydrogen (secondary N) is 1. The van der Waals surface area contributed by atoms with Crippen molar-refractivity contribution in [2.75, 3.05) is 20.8 Å². The molecule has 10 nitrogen and oxygen atoms in total. The summed E-state index contributed by atoms with van der Waals surface area (Å²) in [7, 11) is 1.47. The van der Waals surface area contributed by atoms with Crippen LogP contribution in [0, 0.1) is 0 Å². The molecule has 0 amide bonds. The van der Waals surface area contributed by atoms with E-state index in [-0.39, 0.29) is 41.3 Å². The molecule has 0 bridgehead atoms. The standard InChI is InChI=1S/C19H23N3O7Si/c1-25-13-10-14(26-2)22-18(21-13)28-12-7-6-11-16(29-19(24)20-11)15(12)17(23)27-8-9-30(3,4)5/h6-7,10H,8-9H2,1-5H3,(H,20,24). The van der Waals surface area contributed by atoms with Gasteiger partial charge in [0.05, 0.1) is 32.4 Å². The minimum absolute atomic E-state index is 0.0327. The Morgan fingerprint density at radius 2 is 1.80 bits per heavy atom. The van der Waals surface area contributed by atoms with Gasteiger partial charge in [-0.1, -0.05) is 19.6 Å². The predicted molar refractivity (Wildman–Crippen MR) is 110 cm³/mol. The van der Waals surface area contributed by atoms with Crippen LogP contribution in [0.15, 0.2) is 27.4 Å². The van der Waals surface area contributed by atoms with Crippen LogP contribution in [0.3, 0.4) is 0 Å². The monoisotopic (exact) mass is 433 g/mol. The highest BCUT2D eigenvalue weighted by molar-refractivity contribution is 6.76. The number of aromatic nitrogens is 3. The third-order valence-corrected chi connectivity index (χ3v) is 5.82. The lowest BCUT2D eigenvalue weighted by Crippen LogP contribution is -2.22. The van der Waals surface area contributed by atoms with Crippen LogP contribution in [0.25, 0.3) is 11.1 Å². The van der Waals surface area contributed by atoms with E-state index in [0.717, 1.165) is 6.04 Å². The van der Waals surface area contributed by atoms with E-state index >= 15 is 0 Å². The molecule has 0 saturated carbocycles. The number of hydrogen-bond donors (Lipinski definition) is 1. The lowest BCUT2D eigenvalue weighted by molar-refractivity contribution is 0.0523. The van der Waals surface area contributed by atoms with Crippen LogP contribution in [0.4, 0.5) is 0 Å². The molecular weight excluding hydrogens is 410 g/mol. The number of carbonyl (C=O) groups excluding carboxylic acids is 1. The number of methoxy groups -OCH3 is 2. The fourth-order valence-electron chi connectivity index (χ4n) is 2.53. The van der Waals surface area contributed by atoms with Gasteiger partial charge >= 0.3 is 17.7 Å². The normalized spacial score (nSPS) is 11.4. The smallest absolute Gasteiger partial charge is 0.417 e. The average molecular weight is 433 g/mol. The average Bonchev–Trinajstić information content (AvgIpc) is 3.06. The zero-order chi connectivity index (χ0) is 21.9.